The van der Waals surface area contributed by atoms with Crippen LogP contribution in [0.25, 0.3) is 11.1 Å². The summed E-state index contributed by atoms with van der Waals surface area (Å²) in [6.07, 6.45) is 11.1. The van der Waals surface area contributed by atoms with Crippen molar-refractivity contribution in [2.75, 3.05) is 92.5 Å². The van der Waals surface area contributed by atoms with Gasteiger partial charge in [0.05, 0.1) is 103 Å². The molecule has 4 fully saturated rings. The second-order valence-electron chi connectivity index (χ2n) is 23.9. The molecule has 11 rings (SSSR count). The zero-order valence-corrected chi connectivity index (χ0v) is 58.9. The predicted molar refractivity (Wildman–Crippen MR) is 339 cm³/mol. The van der Waals surface area contributed by atoms with Crippen molar-refractivity contribution >= 4 is 75.1 Å². The zero-order chi connectivity index (χ0) is 62.1. The van der Waals surface area contributed by atoms with E-state index >= 15 is 0 Å². The average Bonchev–Trinajstić information content (AvgIpc) is 1.70. The molecule has 6 aromatic carbocycles. The fraction of sp³-hybridized carbons (Fsp3) is 0.465. The van der Waals surface area contributed by atoms with Gasteiger partial charge in [-0.05, 0) is 176 Å². The molecule has 4 heterocycles. The maximum absolute atomic E-state index is 13.1. The van der Waals surface area contributed by atoms with Gasteiger partial charge in [-0.15, -0.1) is 0 Å². The van der Waals surface area contributed by atoms with Gasteiger partial charge in [-0.3, -0.25) is 0 Å². The van der Waals surface area contributed by atoms with Gasteiger partial charge < -0.3 is 61.7 Å². The molecule has 0 bridgehead atoms. The van der Waals surface area contributed by atoms with E-state index in [1.54, 1.807) is 60.7 Å². The summed E-state index contributed by atoms with van der Waals surface area (Å²) in [5.41, 5.74) is 6.84. The Morgan fingerprint density at radius 2 is 0.831 bits per heavy atom. The molecule has 3 unspecified atom stereocenters. The van der Waals surface area contributed by atoms with Crippen LogP contribution in [0.2, 0.25) is 0 Å². The first kappa shape index (κ1) is 69.6. The third-order valence-corrected chi connectivity index (χ3v) is 15.8. The van der Waals surface area contributed by atoms with Crippen LogP contribution in [0.3, 0.4) is 0 Å². The summed E-state index contributed by atoms with van der Waals surface area (Å²) in [5, 5.41) is 0. The summed E-state index contributed by atoms with van der Waals surface area (Å²) in [7, 11) is 0. The van der Waals surface area contributed by atoms with Crippen molar-refractivity contribution in [3.63, 3.8) is 0 Å². The molecule has 0 N–H and O–H groups in total. The van der Waals surface area contributed by atoms with Crippen LogP contribution in [0.4, 0.5) is 0 Å². The van der Waals surface area contributed by atoms with Gasteiger partial charge >= 0.3 is 75.1 Å². The number of hydrogen-bond donors (Lipinski definition) is 0. The number of carbonyl (C=O) groups is 2. The third-order valence-electron chi connectivity index (χ3n) is 15.8. The molecular weight excluding hydrogens is 1190 g/mol. The first-order valence-electron chi connectivity index (χ1n) is 32.0. The molecule has 4 aliphatic heterocycles. The molecule has 466 valence electrons. The van der Waals surface area contributed by atoms with Gasteiger partial charge in [-0.25, -0.2) is 9.59 Å². The van der Waals surface area contributed by atoms with Gasteiger partial charge in [0.2, 0.25) is 0 Å². The summed E-state index contributed by atoms with van der Waals surface area (Å²) in [6.45, 7) is 17.5. The molecule has 89 heavy (non-hydrogen) atoms. The van der Waals surface area contributed by atoms with E-state index in [1.807, 2.05) is 66.7 Å². The van der Waals surface area contributed by atoms with Crippen LogP contribution >= 0.6 is 0 Å². The Hall–Kier alpha value is -3.75. The first-order chi connectivity index (χ1) is 43.5. The Morgan fingerprint density at radius 3 is 1.27 bits per heavy atom. The molecule has 0 aromatic heterocycles. The van der Waals surface area contributed by atoms with Crippen molar-refractivity contribution < 1.29 is 76.2 Å². The molecule has 16 nitrogen and oxygen atoms in total. The molecule has 5 aliphatic rings. The molecule has 0 saturated carbocycles. The van der Waals surface area contributed by atoms with Gasteiger partial charge in [-0.2, -0.15) is 4.89 Å². The van der Waals surface area contributed by atoms with Gasteiger partial charge in [0.15, 0.2) is 5.75 Å². The minimum atomic E-state index is -0.410. The SMILES string of the molecule is CC1c2cc(OOCc3ccc(OCCCCCCOCC4(C)COC4)cc3)ccc2-c2ccc(OC(=O)c3ccc(OCCCCCCOCC4(C)COC4)cc3)cc21.O=C(Oc1ccc(OCCC2CO2)cc1)c1ccc(OCCC2CO2)cc1.[K][K]. The number of rotatable bonds is 36. The Morgan fingerprint density at radius 1 is 0.461 bits per heavy atom. The number of unbranched alkanes of at least 4 members (excludes halogenated alkanes) is 6. The zero-order valence-electron chi connectivity index (χ0n) is 52.6. The van der Waals surface area contributed by atoms with Crippen LogP contribution in [-0.2, 0) is 39.9 Å². The number of hydrogen-bond acceptors (Lipinski definition) is 16. The average molecular weight is 1270 g/mol. The fourth-order valence-electron chi connectivity index (χ4n) is 10.2. The Labute approximate surface area is 570 Å². The molecule has 6 aromatic rings. The number of carbonyl (C=O) groups excluding carboxylic acids is 2. The van der Waals surface area contributed by atoms with Crippen molar-refractivity contribution in [3.8, 4) is 51.4 Å². The Bertz CT molecular complexity index is 3090. The Balaban J connectivity index is 0.000000269. The predicted octanol–water partition coefficient (Wildman–Crippen LogP) is 13.0. The Kier molecular flexibility index (Phi) is 28.6. The van der Waals surface area contributed by atoms with E-state index in [0.29, 0.717) is 73.6 Å². The number of benzene rings is 6. The molecule has 0 amide bonds. The molecule has 3 atom stereocenters. The van der Waals surface area contributed by atoms with Crippen LogP contribution in [0.1, 0.15) is 128 Å². The second-order valence-corrected chi connectivity index (χ2v) is 23.9. The van der Waals surface area contributed by atoms with Crippen LogP contribution in [0.5, 0.6) is 40.2 Å². The second kappa shape index (κ2) is 36.6. The van der Waals surface area contributed by atoms with Crippen molar-refractivity contribution in [3.05, 3.63) is 161 Å². The number of epoxide rings is 2. The van der Waals surface area contributed by atoms with E-state index in [1.165, 1.54) is 63.2 Å². The standard InChI is InChI=1S/C50H62O10.C21H22O6.2K/c1-37-46-28-42(59-48(51)39-14-18-41(19-15-39)57-27-11-7-5-9-25-53-32-50(3)35-55-36-50)20-22-44(46)45-23-21-43(29-47(37)45)60-58-30-38-12-16-40(17-13-38)56-26-10-6-4-8-24-52-31-49(2)33-54-34-49;22-21(15-1-3-16(4-2-15)23-11-9-19-13-25-19)27-18-7-5-17(6-8-18)24-12-10-20-14-26-20;;/h12-23,28-29,37H,4-11,24-27,30-36H2,1-3H3;1-8,19-20H,9-14H2;;. The van der Waals surface area contributed by atoms with E-state index in [2.05, 4.69) is 26.8 Å². The summed E-state index contributed by atoms with van der Waals surface area (Å²) >= 11 is 2.50. The topological polar surface area (TPSA) is 170 Å². The van der Waals surface area contributed by atoms with E-state index < -0.39 is 11.9 Å². The summed E-state index contributed by atoms with van der Waals surface area (Å²) in [6, 6.07) is 40.8. The van der Waals surface area contributed by atoms with Crippen molar-refractivity contribution in [1.29, 1.82) is 0 Å². The minimum absolute atomic E-state index is 0.0841. The monoisotopic (exact) mass is 1270 g/mol. The van der Waals surface area contributed by atoms with E-state index in [9.17, 15) is 9.59 Å². The molecular formula is C71H84K2O16. The molecule has 18 heteroatoms. The van der Waals surface area contributed by atoms with Gasteiger partial charge in [0.1, 0.15) is 41.1 Å². The number of fused-ring (bicyclic) bond motifs is 3. The quantitative estimate of drug-likeness (QED) is 0.00692. The van der Waals surface area contributed by atoms with Crippen molar-refractivity contribution in [1.82, 2.24) is 0 Å². The fourth-order valence-corrected chi connectivity index (χ4v) is 10.2. The van der Waals surface area contributed by atoms with Gasteiger partial charge in [0, 0.05) is 42.8 Å². The van der Waals surface area contributed by atoms with Gasteiger partial charge in [0.25, 0.3) is 0 Å². The number of esters is 2. The van der Waals surface area contributed by atoms with Crippen LogP contribution < -0.4 is 33.3 Å². The van der Waals surface area contributed by atoms with E-state index in [-0.39, 0.29) is 16.7 Å². The van der Waals surface area contributed by atoms with Crippen molar-refractivity contribution in [2.24, 2.45) is 10.8 Å². The van der Waals surface area contributed by atoms with Crippen LogP contribution in [-0.4, -0.2) is 180 Å². The van der Waals surface area contributed by atoms with Gasteiger partial charge in [-0.1, -0.05) is 57.9 Å². The normalized spacial score (nSPS) is 17.5. The van der Waals surface area contributed by atoms with Crippen LogP contribution in [0.15, 0.2) is 133 Å². The van der Waals surface area contributed by atoms with E-state index in [0.717, 1.165) is 181 Å². The summed E-state index contributed by atoms with van der Waals surface area (Å²) < 4.78 is 66.8. The molecule has 0 spiro atoms. The molecule has 1 aliphatic carbocycles. The first-order valence-corrected chi connectivity index (χ1v) is 48.0. The van der Waals surface area contributed by atoms with Crippen LogP contribution in [0, 0.1) is 10.8 Å². The molecule has 4 saturated heterocycles. The summed E-state index contributed by atoms with van der Waals surface area (Å²) in [4.78, 5) is 36.7. The van der Waals surface area contributed by atoms with E-state index in [4.69, 9.17) is 66.6 Å². The number of ether oxygens (including phenoxy) is 12. The van der Waals surface area contributed by atoms with Crippen molar-refractivity contribution in [2.45, 2.75) is 110 Å². The summed E-state index contributed by atoms with van der Waals surface area (Å²) in [5.74, 6) is 3.94. The maximum atomic E-state index is 13.1. The molecule has 0 radical (unpaired) electrons. The third kappa shape index (κ3) is 23.3.